The Bertz CT molecular complexity index is 856. The molecule has 2 heterocycles. The number of aryl methyl sites for hydroxylation is 1. The molecule has 1 atom stereocenters. The lowest BCUT2D eigenvalue weighted by Gasteiger charge is -2.33. The fourth-order valence-electron chi connectivity index (χ4n) is 3.02. The molecule has 6 nitrogen and oxygen atoms in total. The second kappa shape index (κ2) is 7.31. The Morgan fingerprint density at radius 3 is 2.92 bits per heavy atom. The Kier molecular flexibility index (Phi) is 5.31. The van der Waals surface area contributed by atoms with Crippen LogP contribution in [0.2, 0.25) is 5.02 Å². The predicted molar refractivity (Wildman–Crippen MR) is 95.6 cm³/mol. The number of anilines is 1. The zero-order valence-electron chi connectivity index (χ0n) is 13.8. The van der Waals surface area contributed by atoms with E-state index in [9.17, 15) is 12.8 Å². The standard InChI is InChI=1S/C16H20ClFN4O2S/c1-21-10-14(8-19-21)22-6-2-3-13(9-22)20-25(23,24)11-12-4-5-16(18)15(17)7-12/h4-5,7-8,10,13,20H,2-3,6,9,11H2,1H3/t13-/m1/s1. The molecule has 1 aromatic heterocycles. The van der Waals surface area contributed by atoms with Gasteiger partial charge in [0.15, 0.2) is 0 Å². The Balaban J connectivity index is 1.64. The van der Waals surface area contributed by atoms with Gasteiger partial charge in [0.2, 0.25) is 10.0 Å². The van der Waals surface area contributed by atoms with E-state index in [1.165, 1.54) is 18.2 Å². The summed E-state index contributed by atoms with van der Waals surface area (Å²) in [5.41, 5.74) is 1.44. The zero-order valence-corrected chi connectivity index (χ0v) is 15.4. The first-order valence-electron chi connectivity index (χ1n) is 8.00. The highest BCUT2D eigenvalue weighted by Crippen LogP contribution is 2.21. The lowest BCUT2D eigenvalue weighted by Crippen LogP contribution is -2.48. The zero-order chi connectivity index (χ0) is 18.0. The first-order valence-corrected chi connectivity index (χ1v) is 10.0. The quantitative estimate of drug-likeness (QED) is 0.856. The van der Waals surface area contributed by atoms with E-state index in [2.05, 4.69) is 14.7 Å². The van der Waals surface area contributed by atoms with Crippen molar-refractivity contribution in [1.82, 2.24) is 14.5 Å². The van der Waals surface area contributed by atoms with Gasteiger partial charge in [0.1, 0.15) is 5.82 Å². The minimum Gasteiger partial charge on any atom is -0.367 e. The number of nitrogens with one attached hydrogen (secondary N) is 1. The molecule has 3 rings (SSSR count). The number of benzene rings is 1. The minimum absolute atomic E-state index is 0.0758. The van der Waals surface area contributed by atoms with Gasteiger partial charge in [-0.15, -0.1) is 0 Å². The second-order valence-corrected chi connectivity index (χ2v) is 8.44. The molecule has 1 fully saturated rings. The SMILES string of the molecule is Cn1cc(N2CCC[C@@H](NS(=O)(=O)Cc3ccc(F)c(Cl)c3)C2)cn1. The third-order valence-electron chi connectivity index (χ3n) is 4.16. The molecular formula is C16H20ClFN4O2S. The Morgan fingerprint density at radius 2 is 2.24 bits per heavy atom. The maximum atomic E-state index is 13.2. The summed E-state index contributed by atoms with van der Waals surface area (Å²) in [7, 11) is -1.69. The highest BCUT2D eigenvalue weighted by atomic mass is 35.5. The van der Waals surface area contributed by atoms with E-state index >= 15 is 0 Å². The van der Waals surface area contributed by atoms with Gasteiger partial charge in [-0.05, 0) is 30.5 Å². The minimum atomic E-state index is -3.54. The average molecular weight is 387 g/mol. The van der Waals surface area contributed by atoms with Crippen LogP contribution < -0.4 is 9.62 Å². The number of halogens is 2. The third kappa shape index (κ3) is 4.71. The highest BCUT2D eigenvalue weighted by molar-refractivity contribution is 7.88. The van der Waals surface area contributed by atoms with Gasteiger partial charge in [-0.25, -0.2) is 17.5 Å². The van der Waals surface area contributed by atoms with Gasteiger partial charge in [-0.2, -0.15) is 5.10 Å². The van der Waals surface area contributed by atoms with E-state index in [-0.39, 0.29) is 16.8 Å². The Morgan fingerprint density at radius 1 is 1.44 bits per heavy atom. The van der Waals surface area contributed by atoms with Crippen LogP contribution in [0.4, 0.5) is 10.1 Å². The van der Waals surface area contributed by atoms with Crippen molar-refractivity contribution in [2.45, 2.75) is 24.6 Å². The van der Waals surface area contributed by atoms with Crippen molar-refractivity contribution in [2.24, 2.45) is 7.05 Å². The number of hydrogen-bond acceptors (Lipinski definition) is 4. The molecule has 1 N–H and O–H groups in total. The normalized spacial score (nSPS) is 18.5. The van der Waals surface area contributed by atoms with E-state index < -0.39 is 15.8 Å². The molecule has 0 bridgehead atoms. The van der Waals surface area contributed by atoms with Crippen LogP contribution in [0.3, 0.4) is 0 Å². The Labute approximate surface area is 151 Å². The van der Waals surface area contributed by atoms with Crippen LogP contribution in [-0.2, 0) is 22.8 Å². The number of aromatic nitrogens is 2. The van der Waals surface area contributed by atoms with Crippen LogP contribution in [0.5, 0.6) is 0 Å². The van der Waals surface area contributed by atoms with Gasteiger partial charge in [0.05, 0.1) is 22.7 Å². The van der Waals surface area contributed by atoms with Gasteiger partial charge >= 0.3 is 0 Å². The fourth-order valence-corrected chi connectivity index (χ4v) is 4.63. The molecule has 25 heavy (non-hydrogen) atoms. The van der Waals surface area contributed by atoms with Crippen molar-refractivity contribution < 1.29 is 12.8 Å². The average Bonchev–Trinajstić information content (AvgIpc) is 2.97. The molecule has 1 aliphatic rings. The first kappa shape index (κ1) is 18.2. The molecule has 0 spiro atoms. The van der Waals surface area contributed by atoms with Crippen molar-refractivity contribution in [2.75, 3.05) is 18.0 Å². The number of nitrogens with zero attached hydrogens (tertiary/aromatic N) is 3. The van der Waals surface area contributed by atoms with Gasteiger partial charge in [-0.1, -0.05) is 17.7 Å². The largest absolute Gasteiger partial charge is 0.367 e. The second-order valence-electron chi connectivity index (χ2n) is 6.28. The molecule has 136 valence electrons. The monoisotopic (exact) mass is 386 g/mol. The van der Waals surface area contributed by atoms with Crippen LogP contribution in [0.25, 0.3) is 0 Å². The van der Waals surface area contributed by atoms with E-state index in [0.29, 0.717) is 12.1 Å². The van der Waals surface area contributed by atoms with E-state index in [4.69, 9.17) is 11.6 Å². The summed E-state index contributed by atoms with van der Waals surface area (Å²) in [4.78, 5) is 2.12. The lowest BCUT2D eigenvalue weighted by atomic mass is 10.1. The molecule has 9 heteroatoms. The van der Waals surface area contributed by atoms with Crippen molar-refractivity contribution in [3.05, 3.63) is 47.0 Å². The first-order chi connectivity index (χ1) is 11.8. The third-order valence-corrected chi connectivity index (χ3v) is 5.86. The summed E-state index contributed by atoms with van der Waals surface area (Å²) < 4.78 is 42.5. The number of hydrogen-bond donors (Lipinski definition) is 1. The van der Waals surface area contributed by atoms with Crippen LogP contribution >= 0.6 is 11.6 Å². The molecule has 0 aliphatic carbocycles. The molecule has 0 radical (unpaired) electrons. The Hall–Kier alpha value is -1.64. The number of sulfonamides is 1. The van der Waals surface area contributed by atoms with Gasteiger partial charge in [-0.3, -0.25) is 4.68 Å². The summed E-state index contributed by atoms with van der Waals surface area (Å²) in [6.45, 7) is 1.46. The van der Waals surface area contributed by atoms with E-state index in [0.717, 1.165) is 25.1 Å². The molecule has 0 unspecified atom stereocenters. The maximum Gasteiger partial charge on any atom is 0.216 e. The smallest absolute Gasteiger partial charge is 0.216 e. The summed E-state index contributed by atoms with van der Waals surface area (Å²) >= 11 is 5.72. The molecule has 0 amide bonds. The summed E-state index contributed by atoms with van der Waals surface area (Å²) in [5, 5.41) is 4.08. The summed E-state index contributed by atoms with van der Waals surface area (Å²) in [6, 6.07) is 3.79. The van der Waals surface area contributed by atoms with Crippen LogP contribution in [0.15, 0.2) is 30.6 Å². The molecule has 1 aliphatic heterocycles. The van der Waals surface area contributed by atoms with Crippen LogP contribution in [0.1, 0.15) is 18.4 Å². The number of piperidine rings is 1. The molecule has 0 saturated carbocycles. The topological polar surface area (TPSA) is 67.2 Å². The van der Waals surface area contributed by atoms with Gasteiger partial charge in [0, 0.05) is 32.4 Å². The summed E-state index contributed by atoms with van der Waals surface area (Å²) in [5.74, 6) is -0.786. The van der Waals surface area contributed by atoms with Crippen molar-refractivity contribution in [1.29, 1.82) is 0 Å². The molecule has 2 aromatic rings. The van der Waals surface area contributed by atoms with Crippen LogP contribution in [-0.4, -0.2) is 37.3 Å². The molecule has 1 saturated heterocycles. The van der Waals surface area contributed by atoms with Crippen molar-refractivity contribution >= 4 is 27.3 Å². The van der Waals surface area contributed by atoms with E-state index in [1.54, 1.807) is 10.9 Å². The predicted octanol–water partition coefficient (Wildman–Crippen LogP) is 2.30. The fraction of sp³-hybridized carbons (Fsp3) is 0.438. The van der Waals surface area contributed by atoms with Gasteiger partial charge < -0.3 is 4.90 Å². The van der Waals surface area contributed by atoms with Crippen molar-refractivity contribution in [3.8, 4) is 0 Å². The maximum absolute atomic E-state index is 13.2. The van der Waals surface area contributed by atoms with E-state index in [1.807, 2.05) is 13.2 Å². The summed E-state index contributed by atoms with van der Waals surface area (Å²) in [6.07, 6.45) is 5.36. The van der Waals surface area contributed by atoms with Crippen LogP contribution in [0, 0.1) is 5.82 Å². The molecule has 1 aromatic carbocycles. The highest BCUT2D eigenvalue weighted by Gasteiger charge is 2.25. The number of rotatable bonds is 5. The lowest BCUT2D eigenvalue weighted by molar-refractivity contribution is 0.465. The molecular weight excluding hydrogens is 367 g/mol. The van der Waals surface area contributed by atoms with Gasteiger partial charge in [0.25, 0.3) is 0 Å². The van der Waals surface area contributed by atoms with Crippen molar-refractivity contribution in [3.63, 3.8) is 0 Å².